The van der Waals surface area contributed by atoms with Gasteiger partial charge in [0.15, 0.2) is 0 Å². The summed E-state index contributed by atoms with van der Waals surface area (Å²) in [4.78, 5) is 2.46. The molecule has 0 spiro atoms. The molecule has 10 aromatic rings. The normalized spacial score (nSPS) is 12.9. The lowest BCUT2D eigenvalue weighted by atomic mass is 9.68. The van der Waals surface area contributed by atoms with Crippen LogP contribution in [0.3, 0.4) is 0 Å². The molecule has 0 saturated heterocycles. The average Bonchev–Trinajstić information content (AvgIpc) is 3.79. The van der Waals surface area contributed by atoms with E-state index >= 15 is 0 Å². The summed E-state index contributed by atoms with van der Waals surface area (Å²) < 4.78 is 2.62. The summed E-state index contributed by atoms with van der Waals surface area (Å²) in [5.74, 6) is 0. The molecule has 0 N–H and O–H groups in total. The van der Waals surface area contributed by atoms with Crippen molar-refractivity contribution < 1.29 is 0 Å². The maximum absolute atomic E-state index is 2.46. The van der Waals surface area contributed by atoms with Crippen molar-refractivity contribution in [2.75, 3.05) is 4.90 Å². The number of anilines is 3. The lowest BCUT2D eigenvalue weighted by molar-refractivity contribution is 0.768. The Morgan fingerprint density at radius 3 is 1.64 bits per heavy atom. The number of thiophene rings is 1. The molecule has 1 heterocycles. The van der Waals surface area contributed by atoms with Crippen LogP contribution in [0.4, 0.5) is 17.1 Å². The fourth-order valence-corrected chi connectivity index (χ4v) is 10.3. The van der Waals surface area contributed by atoms with Gasteiger partial charge in [0.2, 0.25) is 0 Å². The van der Waals surface area contributed by atoms with Gasteiger partial charge in [-0.25, -0.2) is 0 Å². The summed E-state index contributed by atoms with van der Waals surface area (Å²) in [6.07, 6.45) is 0. The van der Waals surface area contributed by atoms with Gasteiger partial charge in [0, 0.05) is 36.9 Å². The number of hydrogen-bond donors (Lipinski definition) is 0. The fourth-order valence-electron chi connectivity index (χ4n) is 9.19. The van der Waals surface area contributed by atoms with Crippen LogP contribution in [0.25, 0.3) is 53.2 Å². The van der Waals surface area contributed by atoms with Crippen LogP contribution in [0, 0.1) is 0 Å². The van der Waals surface area contributed by atoms with Crippen LogP contribution in [0.1, 0.15) is 22.3 Å². The highest BCUT2D eigenvalue weighted by Crippen LogP contribution is 2.56. The lowest BCUT2D eigenvalue weighted by Crippen LogP contribution is -2.28. The molecule has 0 fully saturated rings. The van der Waals surface area contributed by atoms with Crippen molar-refractivity contribution in [1.29, 1.82) is 0 Å². The first-order valence-corrected chi connectivity index (χ1v) is 19.7. The van der Waals surface area contributed by atoms with Crippen LogP contribution < -0.4 is 4.90 Å². The number of fused-ring (bicyclic) bond motifs is 8. The van der Waals surface area contributed by atoms with E-state index in [0.29, 0.717) is 0 Å². The van der Waals surface area contributed by atoms with E-state index in [9.17, 15) is 0 Å². The van der Waals surface area contributed by atoms with Gasteiger partial charge in [0.05, 0.1) is 11.1 Å². The smallest absolute Gasteiger partial charge is 0.0713 e. The summed E-state index contributed by atoms with van der Waals surface area (Å²) in [5.41, 5.74) is 13.1. The minimum atomic E-state index is -0.448. The van der Waals surface area contributed by atoms with Crippen LogP contribution in [0.2, 0.25) is 0 Å². The molecule has 1 nitrogen and oxygen atoms in total. The van der Waals surface area contributed by atoms with E-state index in [1.54, 1.807) is 0 Å². The molecule has 0 aliphatic heterocycles. The molecule has 55 heavy (non-hydrogen) atoms. The zero-order valence-electron chi connectivity index (χ0n) is 30.1. The molecular formula is C53H35NS. The van der Waals surface area contributed by atoms with Crippen LogP contribution in [0.5, 0.6) is 0 Å². The summed E-state index contributed by atoms with van der Waals surface area (Å²) in [5, 5.41) is 5.13. The molecule has 0 amide bonds. The first kappa shape index (κ1) is 31.8. The molecule has 9 aromatic carbocycles. The SMILES string of the molecule is c1ccc(-c2ccc(N(c3ccc(C4(c5ccccc5)c5ccccc5-c5ccccc54)cc3)c3cccc4ccc5sc6ccccc6c5c34)cc2)cc1. The summed E-state index contributed by atoms with van der Waals surface area (Å²) in [7, 11) is 0. The van der Waals surface area contributed by atoms with Crippen LogP contribution >= 0.6 is 11.3 Å². The first-order valence-electron chi connectivity index (χ1n) is 18.9. The lowest BCUT2D eigenvalue weighted by Gasteiger charge is -2.34. The van der Waals surface area contributed by atoms with Gasteiger partial charge in [0.25, 0.3) is 0 Å². The van der Waals surface area contributed by atoms with Gasteiger partial charge in [-0.3, -0.25) is 0 Å². The summed E-state index contributed by atoms with van der Waals surface area (Å²) >= 11 is 1.87. The van der Waals surface area contributed by atoms with Gasteiger partial charge in [-0.1, -0.05) is 170 Å². The fraction of sp³-hybridized carbons (Fsp3) is 0.0189. The molecule has 258 valence electrons. The summed E-state index contributed by atoms with van der Waals surface area (Å²) in [6, 6.07) is 78.2. The van der Waals surface area contributed by atoms with Crippen LogP contribution in [-0.2, 0) is 5.41 Å². The number of hydrogen-bond acceptors (Lipinski definition) is 2. The molecule has 11 rings (SSSR count). The third-order valence-electron chi connectivity index (χ3n) is 11.6. The molecule has 1 aliphatic rings. The Labute approximate surface area is 325 Å². The highest BCUT2D eigenvalue weighted by Gasteiger charge is 2.45. The predicted octanol–water partition coefficient (Wildman–Crippen LogP) is 14.7. The topological polar surface area (TPSA) is 3.24 Å². The van der Waals surface area contributed by atoms with E-state index in [-0.39, 0.29) is 0 Å². The Kier molecular flexibility index (Phi) is 7.33. The number of nitrogens with zero attached hydrogens (tertiary/aromatic N) is 1. The average molecular weight is 718 g/mol. The van der Waals surface area contributed by atoms with E-state index in [4.69, 9.17) is 0 Å². The van der Waals surface area contributed by atoms with Gasteiger partial charge in [-0.05, 0) is 92.4 Å². The Balaban J connectivity index is 1.15. The standard InChI is InChI=1S/C53H35NS/c1-3-14-36(15-4-1)37-26-31-41(32-27-37)54(48-24-13-16-38-28-35-50-52(51(38)48)45-21-9-12-25-49(45)55-50)42-33-29-40(30-34-42)53(39-17-5-2-6-18-39)46-22-10-7-19-43(46)44-20-8-11-23-47(44)53/h1-35H. The van der Waals surface area contributed by atoms with Gasteiger partial charge < -0.3 is 4.90 Å². The summed E-state index contributed by atoms with van der Waals surface area (Å²) in [6.45, 7) is 0. The molecule has 1 aliphatic carbocycles. The van der Waals surface area contributed by atoms with Crippen molar-refractivity contribution in [3.63, 3.8) is 0 Å². The monoisotopic (exact) mass is 717 g/mol. The second-order valence-corrected chi connectivity index (χ2v) is 15.5. The Morgan fingerprint density at radius 1 is 0.364 bits per heavy atom. The molecular weight excluding hydrogens is 683 g/mol. The Bertz CT molecular complexity index is 2970. The van der Waals surface area contributed by atoms with Crippen LogP contribution in [0.15, 0.2) is 212 Å². The molecule has 0 bridgehead atoms. The van der Waals surface area contributed by atoms with Crippen molar-refractivity contribution >= 4 is 59.3 Å². The maximum atomic E-state index is 2.46. The van der Waals surface area contributed by atoms with Crippen molar-refractivity contribution in [3.8, 4) is 22.3 Å². The van der Waals surface area contributed by atoms with Gasteiger partial charge in [-0.2, -0.15) is 0 Å². The van der Waals surface area contributed by atoms with Gasteiger partial charge in [0.1, 0.15) is 0 Å². The van der Waals surface area contributed by atoms with Gasteiger partial charge in [-0.15, -0.1) is 11.3 Å². The minimum Gasteiger partial charge on any atom is -0.310 e. The third kappa shape index (κ3) is 4.85. The quantitative estimate of drug-likeness (QED) is 0.166. The molecule has 0 radical (unpaired) electrons. The van der Waals surface area contributed by atoms with E-state index < -0.39 is 5.41 Å². The zero-order chi connectivity index (χ0) is 36.3. The Hall–Kier alpha value is -6.74. The largest absolute Gasteiger partial charge is 0.310 e. The first-order chi connectivity index (χ1) is 27.3. The maximum Gasteiger partial charge on any atom is 0.0713 e. The van der Waals surface area contributed by atoms with E-state index in [1.165, 1.54) is 81.1 Å². The van der Waals surface area contributed by atoms with E-state index in [1.807, 2.05) is 11.3 Å². The second kappa shape index (κ2) is 12.7. The van der Waals surface area contributed by atoms with E-state index in [0.717, 1.165) is 11.4 Å². The highest BCUT2D eigenvalue weighted by atomic mass is 32.1. The number of rotatable bonds is 6. The van der Waals surface area contributed by atoms with Crippen LogP contribution in [-0.4, -0.2) is 0 Å². The predicted molar refractivity (Wildman–Crippen MR) is 234 cm³/mol. The zero-order valence-corrected chi connectivity index (χ0v) is 30.9. The highest BCUT2D eigenvalue weighted by molar-refractivity contribution is 7.26. The van der Waals surface area contributed by atoms with Crippen molar-refractivity contribution in [3.05, 3.63) is 235 Å². The second-order valence-electron chi connectivity index (χ2n) is 14.4. The molecule has 0 atom stereocenters. The van der Waals surface area contributed by atoms with Crippen molar-refractivity contribution in [2.45, 2.75) is 5.41 Å². The van der Waals surface area contributed by atoms with Crippen molar-refractivity contribution in [2.24, 2.45) is 0 Å². The molecule has 0 unspecified atom stereocenters. The molecule has 2 heteroatoms. The van der Waals surface area contributed by atoms with Gasteiger partial charge >= 0.3 is 0 Å². The Morgan fingerprint density at radius 2 is 0.927 bits per heavy atom. The molecule has 0 saturated carbocycles. The minimum absolute atomic E-state index is 0.448. The van der Waals surface area contributed by atoms with E-state index in [2.05, 4.69) is 217 Å². The third-order valence-corrected chi connectivity index (χ3v) is 12.7. The van der Waals surface area contributed by atoms with Crippen molar-refractivity contribution in [1.82, 2.24) is 0 Å². The number of benzene rings is 9. The molecule has 1 aromatic heterocycles.